The van der Waals surface area contributed by atoms with Crippen molar-refractivity contribution in [2.45, 2.75) is 57.7 Å². The molecule has 19 heavy (non-hydrogen) atoms. The molecule has 110 valence electrons. The fraction of sp³-hybridized carbons (Fsp3) is 0.933. The summed E-state index contributed by atoms with van der Waals surface area (Å²) >= 11 is 0. The molecule has 0 aromatic rings. The maximum atomic E-state index is 9.30. The van der Waals surface area contributed by atoms with Crippen molar-refractivity contribution in [1.82, 2.24) is 15.1 Å². The van der Waals surface area contributed by atoms with Crippen LogP contribution in [0.25, 0.3) is 0 Å². The Morgan fingerprint density at radius 1 is 1.32 bits per heavy atom. The van der Waals surface area contributed by atoms with Crippen molar-refractivity contribution in [3.05, 3.63) is 0 Å². The zero-order chi connectivity index (χ0) is 14.5. The first-order valence-electron chi connectivity index (χ1n) is 7.52. The van der Waals surface area contributed by atoms with Gasteiger partial charge in [0, 0.05) is 25.2 Å². The van der Waals surface area contributed by atoms with Crippen molar-refractivity contribution >= 4 is 0 Å². The predicted octanol–water partition coefficient (Wildman–Crippen LogP) is 1.68. The number of hydrogen-bond acceptors (Lipinski definition) is 4. The quantitative estimate of drug-likeness (QED) is 0.794. The SMILES string of the molecule is CCC(C#N)(CCCN1CC(C)N(C)C(C)C1)NC. The molecule has 1 heterocycles. The van der Waals surface area contributed by atoms with Crippen LogP contribution >= 0.6 is 0 Å². The van der Waals surface area contributed by atoms with Gasteiger partial charge >= 0.3 is 0 Å². The van der Waals surface area contributed by atoms with Crippen molar-refractivity contribution in [3.63, 3.8) is 0 Å². The van der Waals surface area contributed by atoms with Gasteiger partial charge in [-0.1, -0.05) is 6.92 Å². The van der Waals surface area contributed by atoms with E-state index in [1.807, 2.05) is 7.05 Å². The van der Waals surface area contributed by atoms with Crippen molar-refractivity contribution in [1.29, 1.82) is 5.26 Å². The maximum absolute atomic E-state index is 9.30. The first kappa shape index (κ1) is 16.4. The Kier molecular flexibility index (Phi) is 6.25. The van der Waals surface area contributed by atoms with E-state index in [4.69, 9.17) is 0 Å². The average Bonchev–Trinajstić information content (AvgIpc) is 2.41. The zero-order valence-corrected chi connectivity index (χ0v) is 13.2. The van der Waals surface area contributed by atoms with Crippen molar-refractivity contribution in [2.75, 3.05) is 33.7 Å². The van der Waals surface area contributed by atoms with Crippen LogP contribution in [0.2, 0.25) is 0 Å². The van der Waals surface area contributed by atoms with Crippen LogP contribution in [0.1, 0.15) is 40.0 Å². The number of nitriles is 1. The second-order valence-corrected chi connectivity index (χ2v) is 6.02. The number of rotatable bonds is 6. The third-order valence-corrected chi connectivity index (χ3v) is 4.81. The van der Waals surface area contributed by atoms with Crippen LogP contribution in [0.4, 0.5) is 0 Å². The minimum atomic E-state index is -0.330. The molecule has 1 aliphatic rings. The lowest BCUT2D eigenvalue weighted by Crippen LogP contribution is -2.55. The van der Waals surface area contributed by atoms with Crippen LogP contribution < -0.4 is 5.32 Å². The van der Waals surface area contributed by atoms with Crippen LogP contribution in [-0.4, -0.2) is 61.2 Å². The lowest BCUT2D eigenvalue weighted by atomic mass is 9.92. The largest absolute Gasteiger partial charge is 0.302 e. The standard InChI is InChI=1S/C15H30N4/c1-6-15(12-16,17-4)8-7-9-19-10-13(2)18(5)14(3)11-19/h13-14,17H,6-11H2,1-5H3. The first-order valence-corrected chi connectivity index (χ1v) is 7.52. The lowest BCUT2D eigenvalue weighted by Gasteiger charge is -2.42. The molecule has 0 bridgehead atoms. The van der Waals surface area contributed by atoms with Crippen molar-refractivity contribution in [3.8, 4) is 6.07 Å². The molecule has 1 rings (SSSR count). The van der Waals surface area contributed by atoms with Gasteiger partial charge in [0.05, 0.1) is 6.07 Å². The second kappa shape index (κ2) is 7.23. The second-order valence-electron chi connectivity index (χ2n) is 6.02. The van der Waals surface area contributed by atoms with Gasteiger partial charge in [0.25, 0.3) is 0 Å². The number of hydrogen-bond donors (Lipinski definition) is 1. The zero-order valence-electron chi connectivity index (χ0n) is 13.2. The van der Waals surface area contributed by atoms with Crippen molar-refractivity contribution < 1.29 is 0 Å². The fourth-order valence-corrected chi connectivity index (χ4v) is 2.97. The highest BCUT2D eigenvalue weighted by atomic mass is 15.3. The highest BCUT2D eigenvalue weighted by Gasteiger charge is 2.28. The Bertz CT molecular complexity index is 294. The lowest BCUT2D eigenvalue weighted by molar-refractivity contribution is 0.0582. The molecule has 1 aliphatic heterocycles. The van der Waals surface area contributed by atoms with E-state index < -0.39 is 0 Å². The van der Waals surface area contributed by atoms with Gasteiger partial charge in [-0.3, -0.25) is 4.90 Å². The molecule has 0 aromatic carbocycles. The van der Waals surface area contributed by atoms with Crippen LogP contribution in [0.15, 0.2) is 0 Å². The molecule has 0 spiro atoms. The van der Waals surface area contributed by atoms with Gasteiger partial charge in [-0.05, 0) is 53.8 Å². The normalized spacial score (nSPS) is 28.8. The topological polar surface area (TPSA) is 42.3 Å². The Balaban J connectivity index is 2.40. The molecular formula is C15H30N4. The van der Waals surface area contributed by atoms with E-state index in [0.717, 1.165) is 38.9 Å². The minimum Gasteiger partial charge on any atom is -0.302 e. The number of nitrogens with zero attached hydrogens (tertiary/aromatic N) is 3. The summed E-state index contributed by atoms with van der Waals surface area (Å²) < 4.78 is 0. The van der Waals surface area contributed by atoms with Gasteiger partial charge in [0.2, 0.25) is 0 Å². The van der Waals surface area contributed by atoms with Gasteiger partial charge in [-0.25, -0.2) is 0 Å². The molecule has 1 saturated heterocycles. The van der Waals surface area contributed by atoms with E-state index in [9.17, 15) is 5.26 Å². The Hall–Kier alpha value is -0.630. The highest BCUT2D eigenvalue weighted by molar-refractivity contribution is 5.05. The van der Waals surface area contributed by atoms with E-state index in [0.29, 0.717) is 12.1 Å². The summed E-state index contributed by atoms with van der Waals surface area (Å²) in [6, 6.07) is 3.69. The molecule has 4 heteroatoms. The number of piperazine rings is 1. The van der Waals surface area contributed by atoms with Gasteiger partial charge in [0.1, 0.15) is 5.54 Å². The summed E-state index contributed by atoms with van der Waals surface area (Å²) in [5, 5.41) is 12.5. The smallest absolute Gasteiger partial charge is 0.106 e. The van der Waals surface area contributed by atoms with Crippen LogP contribution in [0, 0.1) is 11.3 Å². The average molecular weight is 266 g/mol. The molecular weight excluding hydrogens is 236 g/mol. The number of nitrogens with one attached hydrogen (secondary N) is 1. The summed E-state index contributed by atoms with van der Waals surface area (Å²) in [5.41, 5.74) is -0.330. The summed E-state index contributed by atoms with van der Waals surface area (Å²) in [6.07, 6.45) is 2.90. The van der Waals surface area contributed by atoms with Gasteiger partial charge in [0.15, 0.2) is 0 Å². The minimum absolute atomic E-state index is 0.330. The third-order valence-electron chi connectivity index (χ3n) is 4.81. The molecule has 4 nitrogen and oxygen atoms in total. The molecule has 0 amide bonds. The third kappa shape index (κ3) is 4.17. The van der Waals surface area contributed by atoms with E-state index in [1.54, 1.807) is 0 Å². The molecule has 1 fully saturated rings. The molecule has 3 unspecified atom stereocenters. The summed E-state index contributed by atoms with van der Waals surface area (Å²) in [5.74, 6) is 0. The number of likely N-dealkylation sites (N-methyl/N-ethyl adjacent to an activating group) is 1. The van der Waals surface area contributed by atoms with Crippen molar-refractivity contribution in [2.24, 2.45) is 0 Å². The van der Waals surface area contributed by atoms with E-state index in [1.165, 1.54) is 0 Å². The maximum Gasteiger partial charge on any atom is 0.106 e. The van der Waals surface area contributed by atoms with Crippen LogP contribution in [-0.2, 0) is 0 Å². The van der Waals surface area contributed by atoms with Crippen LogP contribution in [0.5, 0.6) is 0 Å². The summed E-state index contributed by atoms with van der Waals surface area (Å²) in [7, 11) is 4.11. The van der Waals surface area contributed by atoms with E-state index >= 15 is 0 Å². The van der Waals surface area contributed by atoms with Gasteiger partial charge < -0.3 is 10.2 Å². The molecule has 1 N–H and O–H groups in total. The molecule has 3 atom stereocenters. The van der Waals surface area contributed by atoms with Gasteiger partial charge in [-0.15, -0.1) is 0 Å². The highest BCUT2D eigenvalue weighted by Crippen LogP contribution is 2.18. The molecule has 0 aromatic heterocycles. The Morgan fingerprint density at radius 3 is 2.32 bits per heavy atom. The molecule has 0 radical (unpaired) electrons. The Morgan fingerprint density at radius 2 is 1.89 bits per heavy atom. The van der Waals surface area contributed by atoms with E-state index in [2.05, 4.69) is 49.0 Å². The summed E-state index contributed by atoms with van der Waals surface area (Å²) in [6.45, 7) is 10.1. The van der Waals surface area contributed by atoms with Gasteiger partial charge in [-0.2, -0.15) is 5.26 Å². The molecule has 0 aliphatic carbocycles. The van der Waals surface area contributed by atoms with E-state index in [-0.39, 0.29) is 5.54 Å². The summed E-state index contributed by atoms with van der Waals surface area (Å²) in [4.78, 5) is 5.00. The Labute approximate surface area is 118 Å². The predicted molar refractivity (Wildman–Crippen MR) is 80.1 cm³/mol. The fourth-order valence-electron chi connectivity index (χ4n) is 2.97. The first-order chi connectivity index (χ1) is 8.98. The molecule has 0 saturated carbocycles. The monoisotopic (exact) mass is 266 g/mol. The van der Waals surface area contributed by atoms with Crippen LogP contribution in [0.3, 0.4) is 0 Å².